The van der Waals surface area contributed by atoms with Crippen molar-refractivity contribution in [3.05, 3.63) is 28.8 Å². The molecule has 0 heterocycles. The van der Waals surface area contributed by atoms with Gasteiger partial charge in [-0.1, -0.05) is 17.7 Å². The van der Waals surface area contributed by atoms with Crippen molar-refractivity contribution in [3.8, 4) is 5.75 Å². The molecule has 1 aromatic carbocycles. The van der Waals surface area contributed by atoms with Crippen LogP contribution in [0.4, 0.5) is 0 Å². The number of ether oxygens (including phenoxy) is 1. The summed E-state index contributed by atoms with van der Waals surface area (Å²) in [6, 6.07) is 5.43. The van der Waals surface area contributed by atoms with Crippen LogP contribution in [0, 0.1) is 0 Å². The van der Waals surface area contributed by atoms with Gasteiger partial charge in [0.15, 0.2) is 0 Å². The van der Waals surface area contributed by atoms with Crippen LogP contribution >= 0.6 is 11.6 Å². The van der Waals surface area contributed by atoms with Crippen LogP contribution in [0.5, 0.6) is 5.75 Å². The Morgan fingerprint density at radius 3 is 2.67 bits per heavy atom. The molecule has 5 nitrogen and oxygen atoms in total. The van der Waals surface area contributed by atoms with E-state index in [0.717, 1.165) is 11.8 Å². The first kappa shape index (κ1) is 15.2. The van der Waals surface area contributed by atoms with Gasteiger partial charge in [-0.2, -0.15) is 0 Å². The van der Waals surface area contributed by atoms with Crippen LogP contribution in [-0.4, -0.2) is 34.9 Å². The van der Waals surface area contributed by atoms with Crippen LogP contribution in [0.3, 0.4) is 0 Å². The number of methoxy groups -OCH3 is 1. The molecule has 0 saturated carbocycles. The van der Waals surface area contributed by atoms with E-state index in [2.05, 4.69) is 10.0 Å². The van der Waals surface area contributed by atoms with Gasteiger partial charge >= 0.3 is 0 Å². The number of rotatable bonds is 7. The Kier molecular flexibility index (Phi) is 5.87. The first-order chi connectivity index (χ1) is 8.44. The van der Waals surface area contributed by atoms with Crippen molar-refractivity contribution in [2.24, 2.45) is 0 Å². The molecular formula is C11H17ClN2O3S. The van der Waals surface area contributed by atoms with Crippen LogP contribution in [0.25, 0.3) is 0 Å². The summed E-state index contributed by atoms with van der Waals surface area (Å²) in [5.41, 5.74) is 0.862. The third-order valence-electron chi connectivity index (χ3n) is 2.26. The van der Waals surface area contributed by atoms with Crippen molar-refractivity contribution in [1.82, 2.24) is 10.0 Å². The van der Waals surface area contributed by atoms with Crippen LogP contribution in [0.15, 0.2) is 18.2 Å². The minimum atomic E-state index is -3.13. The van der Waals surface area contributed by atoms with Gasteiger partial charge in [0.25, 0.3) is 0 Å². The zero-order valence-corrected chi connectivity index (χ0v) is 11.9. The highest BCUT2D eigenvalue weighted by Gasteiger charge is 2.06. The molecule has 7 heteroatoms. The molecule has 18 heavy (non-hydrogen) atoms. The molecule has 0 aliphatic rings. The van der Waals surface area contributed by atoms with Gasteiger partial charge in [0.1, 0.15) is 5.75 Å². The first-order valence-electron chi connectivity index (χ1n) is 5.41. The summed E-state index contributed by atoms with van der Waals surface area (Å²) in [6.07, 6.45) is 1.13. The Labute approximate surface area is 113 Å². The Morgan fingerprint density at radius 1 is 1.33 bits per heavy atom. The number of nitrogens with one attached hydrogen (secondary N) is 2. The molecule has 0 fully saturated rings. The van der Waals surface area contributed by atoms with E-state index in [0.29, 0.717) is 30.4 Å². The summed E-state index contributed by atoms with van der Waals surface area (Å²) in [6.45, 7) is 1.38. The van der Waals surface area contributed by atoms with Gasteiger partial charge in [-0.25, -0.2) is 13.1 Å². The molecule has 0 atom stereocenters. The largest absolute Gasteiger partial charge is 0.496 e. The number of halogens is 1. The summed E-state index contributed by atoms with van der Waals surface area (Å²) >= 11 is 6.06. The number of sulfonamides is 1. The molecule has 0 saturated heterocycles. The average Bonchev–Trinajstić information content (AvgIpc) is 2.29. The molecule has 1 rings (SSSR count). The van der Waals surface area contributed by atoms with Crippen LogP contribution in [0.1, 0.15) is 5.56 Å². The van der Waals surface area contributed by atoms with Gasteiger partial charge in [-0.3, -0.25) is 0 Å². The highest BCUT2D eigenvalue weighted by Crippen LogP contribution is 2.25. The predicted octanol–water partition coefficient (Wildman–Crippen LogP) is 0.987. The number of hydrogen-bond donors (Lipinski definition) is 2. The summed E-state index contributed by atoms with van der Waals surface area (Å²) in [5, 5.41) is 3.72. The molecule has 0 aliphatic heterocycles. The molecule has 0 unspecified atom stereocenters. The molecule has 102 valence electrons. The molecule has 0 aliphatic carbocycles. The SMILES string of the molecule is COc1cccc(Cl)c1CNCCNS(C)(=O)=O. The summed E-state index contributed by atoms with van der Waals surface area (Å²) in [5.74, 6) is 0.714. The van der Waals surface area contributed by atoms with Gasteiger partial charge in [0.2, 0.25) is 10.0 Å². The maximum absolute atomic E-state index is 10.8. The maximum Gasteiger partial charge on any atom is 0.208 e. The van der Waals surface area contributed by atoms with E-state index < -0.39 is 10.0 Å². The highest BCUT2D eigenvalue weighted by molar-refractivity contribution is 7.88. The van der Waals surface area contributed by atoms with E-state index in [4.69, 9.17) is 16.3 Å². The van der Waals surface area contributed by atoms with Crippen molar-refractivity contribution in [2.45, 2.75) is 6.54 Å². The molecule has 1 aromatic rings. The van der Waals surface area contributed by atoms with Crippen molar-refractivity contribution in [2.75, 3.05) is 26.5 Å². The molecular weight excluding hydrogens is 276 g/mol. The zero-order chi connectivity index (χ0) is 13.6. The van der Waals surface area contributed by atoms with Crippen LogP contribution < -0.4 is 14.8 Å². The second-order valence-corrected chi connectivity index (χ2v) is 6.00. The Bertz CT molecular complexity index is 491. The van der Waals surface area contributed by atoms with E-state index in [9.17, 15) is 8.42 Å². The molecule has 0 bridgehead atoms. The minimum Gasteiger partial charge on any atom is -0.496 e. The lowest BCUT2D eigenvalue weighted by Crippen LogP contribution is -2.30. The Morgan fingerprint density at radius 2 is 2.06 bits per heavy atom. The number of benzene rings is 1. The fourth-order valence-electron chi connectivity index (χ4n) is 1.44. The van der Waals surface area contributed by atoms with Gasteiger partial charge in [-0.05, 0) is 12.1 Å². The standard InChI is InChI=1S/C11H17ClN2O3S/c1-17-11-5-3-4-10(12)9(11)8-13-6-7-14-18(2,15)16/h3-5,13-14H,6-8H2,1-2H3. The molecule has 2 N–H and O–H groups in total. The molecule has 0 radical (unpaired) electrons. The summed E-state index contributed by atoms with van der Waals surface area (Å²) in [7, 11) is -1.55. The smallest absolute Gasteiger partial charge is 0.208 e. The van der Waals surface area contributed by atoms with Gasteiger partial charge in [0.05, 0.1) is 13.4 Å². The summed E-state index contributed by atoms with van der Waals surface area (Å²) < 4.78 is 29.3. The maximum atomic E-state index is 10.8. The van der Waals surface area contributed by atoms with Gasteiger partial charge in [0, 0.05) is 30.2 Å². The van der Waals surface area contributed by atoms with Crippen molar-refractivity contribution in [1.29, 1.82) is 0 Å². The first-order valence-corrected chi connectivity index (χ1v) is 7.67. The normalized spacial score (nSPS) is 11.5. The van der Waals surface area contributed by atoms with Crippen molar-refractivity contribution in [3.63, 3.8) is 0 Å². The Balaban J connectivity index is 2.44. The quantitative estimate of drug-likeness (QED) is 0.736. The highest BCUT2D eigenvalue weighted by atomic mass is 35.5. The molecule has 0 spiro atoms. The third-order valence-corrected chi connectivity index (χ3v) is 3.35. The van der Waals surface area contributed by atoms with Gasteiger partial charge in [-0.15, -0.1) is 0 Å². The van der Waals surface area contributed by atoms with Crippen LogP contribution in [-0.2, 0) is 16.6 Å². The predicted molar refractivity (Wildman–Crippen MR) is 72.6 cm³/mol. The van der Waals surface area contributed by atoms with E-state index in [-0.39, 0.29) is 0 Å². The number of hydrogen-bond acceptors (Lipinski definition) is 4. The van der Waals surface area contributed by atoms with Crippen molar-refractivity contribution < 1.29 is 13.2 Å². The van der Waals surface area contributed by atoms with Crippen molar-refractivity contribution >= 4 is 21.6 Å². The third kappa shape index (κ3) is 5.22. The van der Waals surface area contributed by atoms with E-state index >= 15 is 0 Å². The Hall–Kier alpha value is -0.820. The van der Waals surface area contributed by atoms with Gasteiger partial charge < -0.3 is 10.1 Å². The van der Waals surface area contributed by atoms with E-state index in [1.807, 2.05) is 12.1 Å². The van der Waals surface area contributed by atoms with Crippen LogP contribution in [0.2, 0.25) is 5.02 Å². The monoisotopic (exact) mass is 292 g/mol. The minimum absolute atomic E-state index is 0.339. The fourth-order valence-corrected chi connectivity index (χ4v) is 2.15. The topological polar surface area (TPSA) is 67.4 Å². The summed E-state index contributed by atoms with van der Waals surface area (Å²) in [4.78, 5) is 0. The van der Waals surface area contributed by atoms with E-state index in [1.54, 1.807) is 13.2 Å². The second-order valence-electron chi connectivity index (χ2n) is 3.76. The molecule has 0 aromatic heterocycles. The fraction of sp³-hybridized carbons (Fsp3) is 0.455. The average molecular weight is 293 g/mol. The molecule has 0 amide bonds. The lowest BCUT2D eigenvalue weighted by molar-refractivity contribution is 0.408. The zero-order valence-electron chi connectivity index (χ0n) is 10.4. The lowest BCUT2D eigenvalue weighted by Gasteiger charge is -2.11. The van der Waals surface area contributed by atoms with E-state index in [1.165, 1.54) is 0 Å². The lowest BCUT2D eigenvalue weighted by atomic mass is 10.2. The second kappa shape index (κ2) is 6.94.